The topological polar surface area (TPSA) is 104 Å². The Morgan fingerprint density at radius 2 is 1.64 bits per heavy atom. The zero-order valence-corrected chi connectivity index (χ0v) is 12.9. The lowest BCUT2D eigenvalue weighted by Gasteiger charge is -2.12. The Morgan fingerprint density at radius 1 is 1.05 bits per heavy atom. The Hall–Kier alpha value is -1.21. The molecule has 22 heavy (non-hydrogen) atoms. The molecule has 0 bridgehead atoms. The van der Waals surface area contributed by atoms with Crippen LogP contribution in [0.15, 0.2) is 29.2 Å². The molecule has 1 aromatic rings. The van der Waals surface area contributed by atoms with Crippen LogP contribution in [0, 0.1) is 0 Å². The van der Waals surface area contributed by atoms with E-state index < -0.39 is 39.5 Å². The Bertz CT molecular complexity index is 717. The lowest BCUT2D eigenvalue weighted by molar-refractivity contribution is -0.121. The van der Waals surface area contributed by atoms with Crippen LogP contribution < -0.4 is 14.2 Å². The molecule has 0 saturated heterocycles. The second kappa shape index (κ2) is 6.91. The van der Waals surface area contributed by atoms with E-state index in [0.717, 1.165) is 0 Å². The van der Waals surface area contributed by atoms with Crippen molar-refractivity contribution in [3.05, 3.63) is 29.8 Å². The van der Waals surface area contributed by atoms with E-state index in [0.29, 0.717) is 0 Å². The van der Waals surface area contributed by atoms with Crippen molar-refractivity contribution >= 4 is 20.2 Å². The molecule has 0 aliphatic heterocycles. The second-order valence-corrected chi connectivity index (χ2v) is 7.52. The minimum absolute atomic E-state index is 0.0919. The van der Waals surface area contributed by atoms with E-state index in [4.69, 9.17) is 0 Å². The van der Waals surface area contributed by atoms with Gasteiger partial charge in [0.2, 0.25) is 10.0 Å². The smallest absolute Gasteiger partial charge is 0.214 e. The van der Waals surface area contributed by atoms with E-state index >= 15 is 0 Å². The first-order valence-electron chi connectivity index (χ1n) is 5.79. The van der Waals surface area contributed by atoms with Gasteiger partial charge in [-0.05, 0) is 18.7 Å². The molecule has 1 aromatic carbocycles. The third-order valence-corrected chi connectivity index (χ3v) is 5.01. The molecule has 0 atom stereocenters. The third-order valence-electron chi connectivity index (χ3n) is 2.45. The number of sulfonamides is 1. The van der Waals surface area contributed by atoms with Crippen molar-refractivity contribution in [1.29, 1.82) is 0 Å². The van der Waals surface area contributed by atoms with Gasteiger partial charge in [-0.3, -0.25) is 0 Å². The van der Waals surface area contributed by atoms with Gasteiger partial charge in [0.1, 0.15) is 6.54 Å². The molecule has 0 amide bonds. The highest BCUT2D eigenvalue weighted by molar-refractivity contribution is 7.89. The van der Waals surface area contributed by atoms with Gasteiger partial charge >= 0.3 is 6.18 Å². The summed E-state index contributed by atoms with van der Waals surface area (Å²) in [7, 11) is -7.05. The summed E-state index contributed by atoms with van der Waals surface area (Å²) in [4.78, 5) is -0.170. The summed E-state index contributed by atoms with van der Waals surface area (Å²) in [5.41, 5.74) is 0.0919. The van der Waals surface area contributed by atoms with Crippen LogP contribution in [0.1, 0.15) is 5.56 Å². The van der Waals surface area contributed by atoms with E-state index in [-0.39, 0.29) is 10.5 Å². The SMILES string of the molecule is CNS(=O)(=O)c1ccccc1CNS(=O)(=O)NCC(F)(F)F. The highest BCUT2D eigenvalue weighted by Crippen LogP contribution is 2.15. The molecule has 1 rings (SSSR count). The second-order valence-electron chi connectivity index (χ2n) is 4.08. The molecule has 0 radical (unpaired) electrons. The van der Waals surface area contributed by atoms with Gasteiger partial charge in [0.15, 0.2) is 0 Å². The predicted octanol–water partition coefficient (Wildman–Crippen LogP) is 0.0810. The highest BCUT2D eigenvalue weighted by atomic mass is 32.2. The maximum Gasteiger partial charge on any atom is 0.402 e. The van der Waals surface area contributed by atoms with E-state index in [1.165, 1.54) is 36.0 Å². The lowest BCUT2D eigenvalue weighted by atomic mass is 10.2. The molecular formula is C10H14F3N3O4S2. The number of rotatable bonds is 7. The molecule has 0 spiro atoms. The van der Waals surface area contributed by atoms with Crippen molar-refractivity contribution < 1.29 is 30.0 Å². The molecule has 126 valence electrons. The molecule has 0 aliphatic carbocycles. The van der Waals surface area contributed by atoms with E-state index in [9.17, 15) is 30.0 Å². The van der Waals surface area contributed by atoms with Crippen LogP contribution >= 0.6 is 0 Å². The van der Waals surface area contributed by atoms with E-state index in [1.54, 1.807) is 0 Å². The average Bonchev–Trinajstić information content (AvgIpc) is 2.43. The summed E-state index contributed by atoms with van der Waals surface area (Å²) in [5, 5.41) is 0. The van der Waals surface area contributed by atoms with Gasteiger partial charge in [0.05, 0.1) is 4.90 Å². The van der Waals surface area contributed by atoms with Crippen LogP contribution in [0.2, 0.25) is 0 Å². The maximum absolute atomic E-state index is 12.0. The van der Waals surface area contributed by atoms with E-state index in [1.807, 2.05) is 4.72 Å². The monoisotopic (exact) mass is 361 g/mol. The van der Waals surface area contributed by atoms with Gasteiger partial charge in [0, 0.05) is 6.54 Å². The van der Waals surface area contributed by atoms with E-state index in [2.05, 4.69) is 4.72 Å². The van der Waals surface area contributed by atoms with Crippen molar-refractivity contribution in [3.8, 4) is 0 Å². The Morgan fingerprint density at radius 3 is 2.18 bits per heavy atom. The number of hydrogen-bond donors (Lipinski definition) is 3. The Balaban J connectivity index is 2.85. The summed E-state index contributed by atoms with van der Waals surface area (Å²) in [6, 6.07) is 5.50. The zero-order valence-electron chi connectivity index (χ0n) is 11.3. The number of alkyl halides is 3. The summed E-state index contributed by atoms with van der Waals surface area (Å²) in [6.07, 6.45) is -4.69. The first kappa shape index (κ1) is 18.8. The fourth-order valence-corrected chi connectivity index (χ4v) is 3.19. The van der Waals surface area contributed by atoms with Gasteiger partial charge in [-0.25, -0.2) is 13.1 Å². The normalized spacial score (nSPS) is 13.3. The summed E-state index contributed by atoms with van der Waals surface area (Å²) < 4.78 is 87.4. The first-order chi connectivity index (χ1) is 9.97. The van der Waals surface area contributed by atoms with Gasteiger partial charge < -0.3 is 0 Å². The summed E-state index contributed by atoms with van der Waals surface area (Å²) >= 11 is 0. The number of benzene rings is 1. The average molecular weight is 361 g/mol. The number of hydrogen-bond acceptors (Lipinski definition) is 4. The van der Waals surface area contributed by atoms with Gasteiger partial charge in [-0.15, -0.1) is 0 Å². The molecule has 0 aromatic heterocycles. The van der Waals surface area contributed by atoms with Gasteiger partial charge in [0.25, 0.3) is 10.2 Å². The van der Waals surface area contributed by atoms with Crippen LogP contribution in [0.4, 0.5) is 13.2 Å². The minimum Gasteiger partial charge on any atom is -0.214 e. The van der Waals surface area contributed by atoms with Crippen molar-refractivity contribution in [2.75, 3.05) is 13.6 Å². The fraction of sp³-hybridized carbons (Fsp3) is 0.400. The van der Waals surface area contributed by atoms with Crippen LogP contribution in [0.25, 0.3) is 0 Å². The molecule has 7 nitrogen and oxygen atoms in total. The number of nitrogens with one attached hydrogen (secondary N) is 3. The fourth-order valence-electron chi connectivity index (χ4n) is 1.42. The van der Waals surface area contributed by atoms with Crippen molar-refractivity contribution in [3.63, 3.8) is 0 Å². The van der Waals surface area contributed by atoms with Crippen LogP contribution in [-0.2, 0) is 26.8 Å². The molecule has 12 heteroatoms. The molecule has 0 unspecified atom stereocenters. The molecule has 0 heterocycles. The summed E-state index contributed by atoms with van der Waals surface area (Å²) in [5.74, 6) is 0. The Kier molecular flexibility index (Phi) is 5.92. The van der Waals surface area contributed by atoms with Crippen LogP contribution in [0.5, 0.6) is 0 Å². The van der Waals surface area contributed by atoms with Crippen LogP contribution in [0.3, 0.4) is 0 Å². The first-order valence-corrected chi connectivity index (χ1v) is 8.76. The van der Waals surface area contributed by atoms with Crippen molar-refractivity contribution in [1.82, 2.24) is 14.2 Å². The highest BCUT2D eigenvalue weighted by Gasteiger charge is 2.29. The third kappa shape index (κ3) is 5.88. The quantitative estimate of drug-likeness (QED) is 0.640. The zero-order chi connectivity index (χ0) is 17.0. The number of halogens is 3. The van der Waals surface area contributed by atoms with Crippen LogP contribution in [-0.4, -0.2) is 36.6 Å². The molecule has 3 N–H and O–H groups in total. The molecule has 0 fully saturated rings. The standard InChI is InChI=1S/C10H14F3N3O4S2/c1-14-21(17,18)9-5-3-2-4-8(9)6-15-22(19,20)16-7-10(11,12)13/h2-5,14-16H,6-7H2,1H3. The maximum atomic E-state index is 12.0. The van der Waals surface area contributed by atoms with Crippen molar-refractivity contribution in [2.24, 2.45) is 0 Å². The Labute approximate surface area is 126 Å². The summed E-state index contributed by atoms with van der Waals surface area (Å²) in [6.45, 7) is -2.21. The largest absolute Gasteiger partial charge is 0.402 e. The van der Waals surface area contributed by atoms with Crippen molar-refractivity contribution in [2.45, 2.75) is 17.6 Å². The molecule has 0 aliphatic rings. The predicted molar refractivity (Wildman–Crippen MR) is 72.5 cm³/mol. The molecular weight excluding hydrogens is 347 g/mol. The lowest BCUT2D eigenvalue weighted by Crippen LogP contribution is -2.41. The van der Waals surface area contributed by atoms with Gasteiger partial charge in [-0.2, -0.15) is 31.0 Å². The van der Waals surface area contributed by atoms with Gasteiger partial charge in [-0.1, -0.05) is 18.2 Å². The minimum atomic E-state index is -4.69. The molecule has 0 saturated carbocycles.